The molecule has 0 radical (unpaired) electrons. The summed E-state index contributed by atoms with van der Waals surface area (Å²) in [4.78, 5) is 17.1. The molecule has 9 nitrogen and oxygen atoms in total. The molecule has 2 aromatic heterocycles. The summed E-state index contributed by atoms with van der Waals surface area (Å²) in [5, 5.41) is 6.33. The summed E-state index contributed by atoms with van der Waals surface area (Å²) < 4.78 is 46.8. The number of hydrogen-bond acceptors (Lipinski definition) is 8. The van der Waals surface area contributed by atoms with Crippen molar-refractivity contribution in [2.75, 3.05) is 81.9 Å². The average molecular weight is 604 g/mol. The van der Waals surface area contributed by atoms with Gasteiger partial charge in [0.2, 0.25) is 0 Å². The lowest BCUT2D eigenvalue weighted by Crippen LogP contribution is -2.47. The normalized spacial score (nSPS) is 17.4. The maximum atomic E-state index is 13.5. The van der Waals surface area contributed by atoms with E-state index in [2.05, 4.69) is 41.8 Å². The minimum Gasteiger partial charge on any atom is -0.493 e. The number of piperazine rings is 2. The van der Waals surface area contributed by atoms with Crippen LogP contribution in [0.15, 0.2) is 18.5 Å². The SMILES string of the molecule is CCN1CCN(CCCOc2cc(Cl)cc(N3CCN(c4ncnc5[nH]nc(C(F)(F)F)c45)CC3)c2C)CC1.Cl. The van der Waals surface area contributed by atoms with Gasteiger partial charge in [-0.2, -0.15) is 18.3 Å². The second-order valence-electron chi connectivity index (χ2n) is 9.99. The topological polar surface area (TPSA) is 76.7 Å². The van der Waals surface area contributed by atoms with Gasteiger partial charge in [-0.3, -0.25) is 5.10 Å². The molecule has 0 bridgehead atoms. The quantitative estimate of drug-likeness (QED) is 0.378. The maximum absolute atomic E-state index is 13.5. The first kappa shape index (κ1) is 30.4. The second kappa shape index (κ2) is 13.0. The van der Waals surface area contributed by atoms with E-state index >= 15 is 0 Å². The summed E-state index contributed by atoms with van der Waals surface area (Å²) in [6.45, 7) is 13.5. The van der Waals surface area contributed by atoms with Crippen LogP contribution in [0.1, 0.15) is 24.6 Å². The lowest BCUT2D eigenvalue weighted by Gasteiger charge is -2.37. The molecule has 220 valence electrons. The van der Waals surface area contributed by atoms with Crippen molar-refractivity contribution < 1.29 is 17.9 Å². The summed E-state index contributed by atoms with van der Waals surface area (Å²) in [5.74, 6) is 1.00. The summed E-state index contributed by atoms with van der Waals surface area (Å²) in [6.07, 6.45) is -2.40. The minimum atomic E-state index is -4.60. The number of likely N-dealkylation sites (N-methyl/N-ethyl adjacent to an activating group) is 1. The van der Waals surface area contributed by atoms with Crippen LogP contribution in [0.25, 0.3) is 11.0 Å². The molecule has 0 amide bonds. The predicted octanol–water partition coefficient (Wildman–Crippen LogP) is 4.49. The fourth-order valence-electron chi connectivity index (χ4n) is 5.37. The summed E-state index contributed by atoms with van der Waals surface area (Å²) in [6, 6.07) is 3.78. The number of benzene rings is 1. The van der Waals surface area contributed by atoms with Gasteiger partial charge in [0, 0.05) is 75.2 Å². The molecule has 0 aliphatic carbocycles. The van der Waals surface area contributed by atoms with E-state index < -0.39 is 11.9 Å². The lowest BCUT2D eigenvalue weighted by molar-refractivity contribution is -0.139. The summed E-state index contributed by atoms with van der Waals surface area (Å²) in [5.41, 5.74) is 1.06. The van der Waals surface area contributed by atoms with Crippen LogP contribution in [0.2, 0.25) is 5.02 Å². The molecule has 1 N–H and O–H groups in total. The molecule has 5 rings (SSSR count). The molecule has 1 aromatic carbocycles. The largest absolute Gasteiger partial charge is 0.493 e. The third-order valence-electron chi connectivity index (χ3n) is 7.61. The molecule has 0 atom stereocenters. The Bertz CT molecular complexity index is 1270. The van der Waals surface area contributed by atoms with Gasteiger partial charge in [-0.1, -0.05) is 18.5 Å². The predicted molar refractivity (Wildman–Crippen MR) is 153 cm³/mol. The van der Waals surface area contributed by atoms with Gasteiger partial charge >= 0.3 is 6.18 Å². The number of ether oxygens (including phenoxy) is 1. The van der Waals surface area contributed by atoms with Crippen LogP contribution < -0.4 is 14.5 Å². The van der Waals surface area contributed by atoms with Gasteiger partial charge in [0.25, 0.3) is 0 Å². The van der Waals surface area contributed by atoms with Crippen molar-refractivity contribution in [3.8, 4) is 5.75 Å². The van der Waals surface area contributed by atoms with Crippen LogP contribution in [0.4, 0.5) is 24.7 Å². The molecule has 2 aliphatic heterocycles. The van der Waals surface area contributed by atoms with Crippen molar-refractivity contribution in [3.05, 3.63) is 34.7 Å². The van der Waals surface area contributed by atoms with Crippen molar-refractivity contribution in [1.29, 1.82) is 0 Å². The highest BCUT2D eigenvalue weighted by atomic mass is 35.5. The van der Waals surface area contributed by atoms with Crippen LogP contribution in [-0.2, 0) is 6.18 Å². The van der Waals surface area contributed by atoms with Gasteiger partial charge in [0.1, 0.15) is 17.9 Å². The van der Waals surface area contributed by atoms with Gasteiger partial charge < -0.3 is 24.3 Å². The standard InChI is InChI=1S/C26H34ClF3N8O.ClH/c1-3-35-6-8-36(9-7-35)5-4-14-39-21-16-19(27)15-20(18(21)2)37-10-12-38(13-11-37)25-22-23(26(28,29)30)33-34-24(22)31-17-32-25;/h15-17H,3-14H2,1-2H3,(H,31,32,33,34);1H. The first-order chi connectivity index (χ1) is 18.7. The number of nitrogens with one attached hydrogen (secondary N) is 1. The number of halogens is 5. The zero-order chi connectivity index (χ0) is 27.6. The number of anilines is 2. The zero-order valence-electron chi connectivity index (χ0n) is 22.7. The van der Waals surface area contributed by atoms with E-state index in [0.29, 0.717) is 37.8 Å². The van der Waals surface area contributed by atoms with E-state index in [-0.39, 0.29) is 29.3 Å². The van der Waals surface area contributed by atoms with Gasteiger partial charge in [-0.05, 0) is 32.0 Å². The van der Waals surface area contributed by atoms with Crippen molar-refractivity contribution in [2.45, 2.75) is 26.4 Å². The summed E-state index contributed by atoms with van der Waals surface area (Å²) >= 11 is 6.48. The van der Waals surface area contributed by atoms with E-state index in [9.17, 15) is 13.2 Å². The number of alkyl halides is 3. The molecule has 0 unspecified atom stereocenters. The van der Waals surface area contributed by atoms with Crippen LogP contribution in [0.5, 0.6) is 5.75 Å². The smallest absolute Gasteiger partial charge is 0.435 e. The van der Waals surface area contributed by atoms with Crippen LogP contribution in [0.3, 0.4) is 0 Å². The molecule has 4 heterocycles. The Morgan fingerprint density at radius 3 is 2.33 bits per heavy atom. The van der Waals surface area contributed by atoms with Gasteiger partial charge in [-0.25, -0.2) is 9.97 Å². The Labute approximate surface area is 243 Å². The summed E-state index contributed by atoms with van der Waals surface area (Å²) in [7, 11) is 0. The molecule has 14 heteroatoms. The molecule has 2 fully saturated rings. The van der Waals surface area contributed by atoms with E-state index in [1.54, 1.807) is 0 Å². The van der Waals surface area contributed by atoms with Crippen molar-refractivity contribution >= 4 is 46.5 Å². The third-order valence-corrected chi connectivity index (χ3v) is 7.83. The Kier molecular flexibility index (Phi) is 9.86. The molecule has 2 aliphatic rings. The number of aromatic nitrogens is 4. The van der Waals surface area contributed by atoms with E-state index in [1.165, 1.54) is 6.33 Å². The van der Waals surface area contributed by atoms with E-state index in [0.717, 1.165) is 62.7 Å². The van der Waals surface area contributed by atoms with Crippen molar-refractivity contribution in [2.24, 2.45) is 0 Å². The molecule has 40 heavy (non-hydrogen) atoms. The molecule has 3 aromatic rings. The average Bonchev–Trinajstić information content (AvgIpc) is 3.38. The first-order valence-corrected chi connectivity index (χ1v) is 13.8. The number of rotatable bonds is 8. The van der Waals surface area contributed by atoms with Gasteiger partial charge in [0.05, 0.1) is 12.0 Å². The number of nitrogens with zero attached hydrogens (tertiary/aromatic N) is 7. The Hall–Kier alpha value is -2.54. The molecular weight excluding hydrogens is 568 g/mol. The third kappa shape index (κ3) is 6.67. The molecule has 2 saturated heterocycles. The number of H-pyrrole nitrogens is 1. The number of hydrogen-bond donors (Lipinski definition) is 1. The highest BCUT2D eigenvalue weighted by Crippen LogP contribution is 2.37. The number of fused-ring (bicyclic) bond motifs is 1. The van der Waals surface area contributed by atoms with Gasteiger partial charge in [-0.15, -0.1) is 12.4 Å². The monoisotopic (exact) mass is 602 g/mol. The van der Waals surface area contributed by atoms with E-state index in [4.69, 9.17) is 16.3 Å². The first-order valence-electron chi connectivity index (χ1n) is 13.4. The fourth-order valence-corrected chi connectivity index (χ4v) is 5.57. The molecular formula is C26H35Cl2F3N8O. The van der Waals surface area contributed by atoms with Crippen LogP contribution >= 0.6 is 24.0 Å². The second-order valence-corrected chi connectivity index (χ2v) is 10.4. The minimum absolute atomic E-state index is 0. The van der Waals surface area contributed by atoms with Crippen LogP contribution in [0, 0.1) is 6.92 Å². The van der Waals surface area contributed by atoms with Crippen molar-refractivity contribution in [3.63, 3.8) is 0 Å². The Balaban J connectivity index is 0.00000370. The molecule has 0 spiro atoms. The highest BCUT2D eigenvalue weighted by Gasteiger charge is 2.38. The maximum Gasteiger partial charge on any atom is 0.435 e. The Morgan fingerprint density at radius 1 is 0.975 bits per heavy atom. The van der Waals surface area contributed by atoms with Crippen molar-refractivity contribution in [1.82, 2.24) is 30.0 Å². The molecule has 0 saturated carbocycles. The van der Waals surface area contributed by atoms with Crippen LogP contribution in [-0.4, -0.2) is 102 Å². The Morgan fingerprint density at radius 2 is 1.65 bits per heavy atom. The highest BCUT2D eigenvalue weighted by molar-refractivity contribution is 6.31. The zero-order valence-corrected chi connectivity index (χ0v) is 24.2. The van der Waals surface area contributed by atoms with Gasteiger partial charge in [0.15, 0.2) is 11.3 Å². The van der Waals surface area contributed by atoms with E-state index in [1.807, 2.05) is 24.0 Å². The number of aromatic amines is 1. The fraction of sp³-hybridized carbons (Fsp3) is 0.577. The lowest BCUT2D eigenvalue weighted by atomic mass is 10.1.